The fourth-order valence-electron chi connectivity index (χ4n) is 1.86. The fraction of sp³-hybridized carbons (Fsp3) is 0.154. The van der Waals surface area contributed by atoms with E-state index in [4.69, 9.17) is 10.2 Å². The van der Waals surface area contributed by atoms with E-state index in [1.165, 1.54) is 12.1 Å². The first-order valence-electron chi connectivity index (χ1n) is 5.50. The summed E-state index contributed by atoms with van der Waals surface area (Å²) in [6.45, 7) is 1.93. The highest BCUT2D eigenvalue weighted by molar-refractivity contribution is 7.09. The summed E-state index contributed by atoms with van der Waals surface area (Å²) >= 11 is 1.54. The summed E-state index contributed by atoms with van der Waals surface area (Å²) < 4.78 is 18.7. The van der Waals surface area contributed by atoms with Crippen molar-refractivity contribution in [2.24, 2.45) is 5.73 Å². The molecule has 3 nitrogen and oxygen atoms in total. The van der Waals surface area contributed by atoms with Crippen molar-refractivity contribution >= 4 is 22.3 Å². The first-order valence-corrected chi connectivity index (χ1v) is 6.38. The summed E-state index contributed by atoms with van der Waals surface area (Å²) in [5.74, 6) is 0.314. The Labute approximate surface area is 107 Å². The van der Waals surface area contributed by atoms with Crippen LogP contribution in [0.25, 0.3) is 11.0 Å². The first-order chi connectivity index (χ1) is 8.63. The van der Waals surface area contributed by atoms with Gasteiger partial charge < -0.3 is 10.2 Å². The van der Waals surface area contributed by atoms with E-state index < -0.39 is 6.04 Å². The van der Waals surface area contributed by atoms with Gasteiger partial charge in [0.1, 0.15) is 23.2 Å². The Morgan fingerprint density at radius 2 is 2.22 bits per heavy atom. The van der Waals surface area contributed by atoms with Crippen molar-refractivity contribution < 1.29 is 8.81 Å². The van der Waals surface area contributed by atoms with Crippen molar-refractivity contribution in [1.29, 1.82) is 0 Å². The zero-order valence-electron chi connectivity index (χ0n) is 9.68. The van der Waals surface area contributed by atoms with Gasteiger partial charge in [-0.05, 0) is 31.2 Å². The van der Waals surface area contributed by atoms with Gasteiger partial charge in [-0.3, -0.25) is 0 Å². The number of fused-ring (bicyclic) bond motifs is 1. The maximum Gasteiger partial charge on any atom is 0.134 e. The smallest absolute Gasteiger partial charge is 0.134 e. The number of nitrogens with zero attached hydrogens (tertiary/aromatic N) is 1. The number of hydrogen-bond donors (Lipinski definition) is 1. The quantitative estimate of drug-likeness (QED) is 0.770. The Bertz CT molecular complexity index is 704. The van der Waals surface area contributed by atoms with E-state index in [-0.39, 0.29) is 5.82 Å². The molecule has 2 N–H and O–H groups in total. The molecule has 2 aromatic heterocycles. The first kappa shape index (κ1) is 11.4. The number of hydrogen-bond acceptors (Lipinski definition) is 4. The van der Waals surface area contributed by atoms with Crippen LogP contribution in [0.4, 0.5) is 4.39 Å². The van der Waals surface area contributed by atoms with Gasteiger partial charge in [-0.1, -0.05) is 0 Å². The second-order valence-electron chi connectivity index (χ2n) is 4.10. The van der Waals surface area contributed by atoms with E-state index in [0.717, 1.165) is 10.7 Å². The Morgan fingerprint density at radius 1 is 1.39 bits per heavy atom. The molecule has 92 valence electrons. The molecule has 0 radical (unpaired) electrons. The van der Waals surface area contributed by atoms with Gasteiger partial charge >= 0.3 is 0 Å². The molecule has 1 atom stereocenters. The van der Waals surface area contributed by atoms with E-state index in [0.29, 0.717) is 16.7 Å². The highest BCUT2D eigenvalue weighted by Crippen LogP contribution is 2.27. The van der Waals surface area contributed by atoms with E-state index in [2.05, 4.69) is 4.98 Å². The van der Waals surface area contributed by atoms with Gasteiger partial charge in [-0.15, -0.1) is 11.3 Å². The third-order valence-electron chi connectivity index (χ3n) is 2.76. The van der Waals surface area contributed by atoms with E-state index in [9.17, 15) is 4.39 Å². The molecule has 0 spiro atoms. The Balaban J connectivity index is 2.03. The van der Waals surface area contributed by atoms with Crippen molar-refractivity contribution in [3.8, 4) is 0 Å². The molecule has 0 aliphatic heterocycles. The van der Waals surface area contributed by atoms with Crippen molar-refractivity contribution in [3.05, 3.63) is 51.9 Å². The lowest BCUT2D eigenvalue weighted by atomic mass is 10.1. The van der Waals surface area contributed by atoms with Crippen LogP contribution in [0.5, 0.6) is 0 Å². The second kappa shape index (κ2) is 4.19. The van der Waals surface area contributed by atoms with Gasteiger partial charge in [0, 0.05) is 10.8 Å². The molecule has 0 saturated heterocycles. The topological polar surface area (TPSA) is 52.0 Å². The fourth-order valence-corrected chi connectivity index (χ4v) is 2.51. The largest absolute Gasteiger partial charge is 0.459 e. The number of aromatic nitrogens is 1. The molecule has 1 unspecified atom stereocenters. The molecule has 3 rings (SSSR count). The lowest BCUT2D eigenvalue weighted by molar-refractivity contribution is 0.521. The maximum absolute atomic E-state index is 13.1. The average Bonchev–Trinajstić information content (AvgIpc) is 2.93. The SMILES string of the molecule is Cc1nc(C(N)c2cc3cc(F)ccc3o2)cs1. The van der Waals surface area contributed by atoms with Crippen LogP contribution in [0, 0.1) is 12.7 Å². The predicted octanol–water partition coefficient (Wildman–Crippen LogP) is 3.38. The molecular weight excluding hydrogens is 251 g/mol. The molecule has 18 heavy (non-hydrogen) atoms. The lowest BCUT2D eigenvalue weighted by Crippen LogP contribution is -2.11. The molecular formula is C13H11FN2OS. The van der Waals surface area contributed by atoms with Gasteiger partial charge in [-0.2, -0.15) is 0 Å². The molecule has 0 aliphatic rings. The minimum absolute atomic E-state index is 0.284. The van der Waals surface area contributed by atoms with Crippen LogP contribution in [0.2, 0.25) is 0 Å². The van der Waals surface area contributed by atoms with Gasteiger partial charge in [0.25, 0.3) is 0 Å². The number of nitrogens with two attached hydrogens (primary N) is 1. The van der Waals surface area contributed by atoms with Crippen LogP contribution in [0.15, 0.2) is 34.1 Å². The zero-order chi connectivity index (χ0) is 12.7. The molecule has 1 aromatic carbocycles. The number of aryl methyl sites for hydroxylation is 1. The Hall–Kier alpha value is -1.72. The predicted molar refractivity (Wildman–Crippen MR) is 69.1 cm³/mol. The molecule has 0 aliphatic carbocycles. The highest BCUT2D eigenvalue weighted by Gasteiger charge is 2.16. The van der Waals surface area contributed by atoms with Crippen molar-refractivity contribution in [3.63, 3.8) is 0 Å². The normalized spacial score (nSPS) is 13.1. The maximum atomic E-state index is 13.1. The van der Waals surface area contributed by atoms with Crippen LogP contribution < -0.4 is 5.73 Å². The van der Waals surface area contributed by atoms with Gasteiger partial charge in [0.05, 0.1) is 10.7 Å². The molecule has 0 saturated carbocycles. The summed E-state index contributed by atoms with van der Waals surface area (Å²) in [5.41, 5.74) is 7.50. The second-order valence-corrected chi connectivity index (χ2v) is 5.16. The lowest BCUT2D eigenvalue weighted by Gasteiger charge is -2.03. The van der Waals surface area contributed by atoms with Crippen LogP contribution in [-0.2, 0) is 0 Å². The van der Waals surface area contributed by atoms with Gasteiger partial charge in [-0.25, -0.2) is 9.37 Å². The van der Waals surface area contributed by atoms with E-state index in [1.54, 1.807) is 23.5 Å². The minimum Gasteiger partial charge on any atom is -0.459 e. The number of rotatable bonds is 2. The summed E-state index contributed by atoms with van der Waals surface area (Å²) in [5, 5.41) is 3.59. The van der Waals surface area contributed by atoms with Crippen molar-refractivity contribution in [1.82, 2.24) is 4.98 Å². The molecule has 5 heteroatoms. The van der Waals surface area contributed by atoms with Gasteiger partial charge in [0.15, 0.2) is 0 Å². The minimum atomic E-state index is -0.412. The van der Waals surface area contributed by atoms with Crippen LogP contribution >= 0.6 is 11.3 Å². The van der Waals surface area contributed by atoms with E-state index >= 15 is 0 Å². The average molecular weight is 262 g/mol. The molecule has 0 fully saturated rings. The highest BCUT2D eigenvalue weighted by atomic mass is 32.1. The van der Waals surface area contributed by atoms with Crippen LogP contribution in [0.1, 0.15) is 22.5 Å². The zero-order valence-corrected chi connectivity index (χ0v) is 10.5. The van der Waals surface area contributed by atoms with Gasteiger partial charge in [0.2, 0.25) is 0 Å². The Morgan fingerprint density at radius 3 is 2.94 bits per heavy atom. The summed E-state index contributed by atoms with van der Waals surface area (Å²) in [4.78, 5) is 4.33. The Kier molecular flexibility index (Phi) is 2.65. The summed E-state index contributed by atoms with van der Waals surface area (Å²) in [7, 11) is 0. The van der Waals surface area contributed by atoms with Crippen LogP contribution in [-0.4, -0.2) is 4.98 Å². The molecule has 0 amide bonds. The van der Waals surface area contributed by atoms with Crippen molar-refractivity contribution in [2.45, 2.75) is 13.0 Å². The molecule has 2 heterocycles. The van der Waals surface area contributed by atoms with Crippen molar-refractivity contribution in [2.75, 3.05) is 0 Å². The summed E-state index contributed by atoms with van der Waals surface area (Å²) in [6, 6.07) is 5.76. The van der Waals surface area contributed by atoms with E-state index in [1.807, 2.05) is 12.3 Å². The number of thiazole rings is 1. The third-order valence-corrected chi connectivity index (χ3v) is 3.55. The number of halogens is 1. The number of furan rings is 1. The number of benzene rings is 1. The molecule has 3 aromatic rings. The monoisotopic (exact) mass is 262 g/mol. The standard InChI is InChI=1S/C13H11FN2OS/c1-7-16-10(6-18-7)13(15)12-5-8-4-9(14)2-3-11(8)17-12/h2-6,13H,15H2,1H3. The third kappa shape index (κ3) is 1.91. The van der Waals surface area contributed by atoms with Crippen LogP contribution in [0.3, 0.4) is 0 Å². The summed E-state index contributed by atoms with van der Waals surface area (Å²) in [6.07, 6.45) is 0. The molecule has 0 bridgehead atoms.